The Labute approximate surface area is 141 Å². The first kappa shape index (κ1) is 18.4. The van der Waals surface area contributed by atoms with Gasteiger partial charge in [-0.2, -0.15) is 4.31 Å². The molecule has 0 radical (unpaired) electrons. The summed E-state index contributed by atoms with van der Waals surface area (Å²) in [6.45, 7) is 1.57. The minimum atomic E-state index is -3.68. The third-order valence-corrected chi connectivity index (χ3v) is 5.73. The van der Waals surface area contributed by atoms with Crippen LogP contribution >= 0.6 is 0 Å². The number of carbonyl (C=O) groups is 2. The number of hydrogen-bond donors (Lipinski definition) is 1. The molecule has 1 heterocycles. The number of sulfonamides is 1. The molecule has 1 aliphatic heterocycles. The monoisotopic (exact) mass is 354 g/mol. The Morgan fingerprint density at radius 3 is 2.33 bits per heavy atom. The molecular weight excluding hydrogens is 332 g/mol. The van der Waals surface area contributed by atoms with Gasteiger partial charge in [0.05, 0.1) is 11.4 Å². The van der Waals surface area contributed by atoms with Crippen molar-refractivity contribution in [3.05, 3.63) is 29.8 Å². The number of piperazine rings is 1. The van der Waals surface area contributed by atoms with Crippen LogP contribution in [-0.2, 0) is 14.8 Å². The number of amides is 2. The van der Waals surface area contributed by atoms with E-state index in [1.165, 1.54) is 21.3 Å². The maximum absolute atomic E-state index is 12.8. The van der Waals surface area contributed by atoms with Crippen molar-refractivity contribution in [2.24, 2.45) is 5.73 Å². The van der Waals surface area contributed by atoms with Gasteiger partial charge in [0.15, 0.2) is 0 Å². The van der Waals surface area contributed by atoms with E-state index >= 15 is 0 Å². The van der Waals surface area contributed by atoms with Crippen molar-refractivity contribution < 1.29 is 18.0 Å². The van der Waals surface area contributed by atoms with Gasteiger partial charge in [-0.25, -0.2) is 8.42 Å². The molecule has 0 spiro atoms. The van der Waals surface area contributed by atoms with E-state index in [0.717, 1.165) is 0 Å². The predicted molar refractivity (Wildman–Crippen MR) is 88.9 cm³/mol. The van der Waals surface area contributed by atoms with Crippen LogP contribution in [0.15, 0.2) is 29.2 Å². The highest BCUT2D eigenvalue weighted by molar-refractivity contribution is 7.89. The van der Waals surface area contributed by atoms with Crippen molar-refractivity contribution in [3.63, 3.8) is 0 Å². The van der Waals surface area contributed by atoms with Gasteiger partial charge in [-0.15, -0.1) is 0 Å². The normalized spacial score (nSPS) is 16.8. The summed E-state index contributed by atoms with van der Waals surface area (Å²) in [6, 6.07) is 6.03. The largest absolute Gasteiger partial charge is 0.369 e. The molecule has 2 rings (SSSR count). The molecule has 0 aromatic heterocycles. The van der Waals surface area contributed by atoms with E-state index in [-0.39, 0.29) is 30.4 Å². The summed E-state index contributed by atoms with van der Waals surface area (Å²) in [5.41, 5.74) is 5.48. The number of primary amides is 1. The molecule has 0 bridgehead atoms. The lowest BCUT2D eigenvalue weighted by Gasteiger charge is -2.33. The van der Waals surface area contributed by atoms with Gasteiger partial charge in [-0.1, -0.05) is 6.07 Å². The standard InChI is InChI=1S/C15H22N4O4S/c1-17(2)15(21)12-4-3-5-13(10-12)24(22,23)19-8-6-18(7-9-19)11-14(16)20/h3-5,10H,6-9,11H2,1-2H3,(H2,16,20). The molecule has 9 heteroatoms. The lowest BCUT2D eigenvalue weighted by Crippen LogP contribution is -2.50. The number of rotatable bonds is 5. The average Bonchev–Trinajstić information content (AvgIpc) is 2.54. The Morgan fingerprint density at radius 1 is 1.17 bits per heavy atom. The molecule has 132 valence electrons. The van der Waals surface area contributed by atoms with E-state index in [1.807, 2.05) is 4.90 Å². The fraction of sp³-hybridized carbons (Fsp3) is 0.467. The molecule has 2 N–H and O–H groups in total. The third kappa shape index (κ3) is 4.11. The Hall–Kier alpha value is -1.97. The molecule has 0 unspecified atom stereocenters. The number of carbonyl (C=O) groups excluding carboxylic acids is 2. The van der Waals surface area contributed by atoms with Gasteiger partial charge in [-0.3, -0.25) is 14.5 Å². The van der Waals surface area contributed by atoms with Crippen molar-refractivity contribution in [2.75, 3.05) is 46.8 Å². The molecule has 1 aliphatic rings. The van der Waals surface area contributed by atoms with E-state index < -0.39 is 15.9 Å². The highest BCUT2D eigenvalue weighted by Crippen LogP contribution is 2.19. The summed E-state index contributed by atoms with van der Waals surface area (Å²) >= 11 is 0. The summed E-state index contributed by atoms with van der Waals surface area (Å²) < 4.78 is 26.9. The molecule has 2 amide bonds. The lowest BCUT2D eigenvalue weighted by atomic mass is 10.2. The van der Waals surface area contributed by atoms with Crippen LogP contribution in [0.4, 0.5) is 0 Å². The van der Waals surface area contributed by atoms with Crippen LogP contribution in [0.3, 0.4) is 0 Å². The zero-order valence-corrected chi connectivity index (χ0v) is 14.6. The maximum Gasteiger partial charge on any atom is 0.253 e. The number of nitrogens with zero attached hydrogens (tertiary/aromatic N) is 3. The Balaban J connectivity index is 2.15. The zero-order valence-electron chi connectivity index (χ0n) is 13.8. The molecule has 24 heavy (non-hydrogen) atoms. The summed E-state index contributed by atoms with van der Waals surface area (Å²) in [4.78, 5) is 26.3. The topological polar surface area (TPSA) is 104 Å². The average molecular weight is 354 g/mol. The maximum atomic E-state index is 12.8. The Morgan fingerprint density at radius 2 is 1.79 bits per heavy atom. The minimum Gasteiger partial charge on any atom is -0.369 e. The molecule has 0 atom stereocenters. The molecule has 1 aromatic carbocycles. The van der Waals surface area contributed by atoms with Crippen LogP contribution in [0.1, 0.15) is 10.4 Å². The molecular formula is C15H22N4O4S. The lowest BCUT2D eigenvalue weighted by molar-refractivity contribution is -0.119. The van der Waals surface area contributed by atoms with E-state index in [2.05, 4.69) is 0 Å². The summed E-state index contributed by atoms with van der Waals surface area (Å²) in [7, 11) is -0.451. The Kier molecular flexibility index (Phi) is 5.58. The van der Waals surface area contributed by atoms with Gasteiger partial charge in [-0.05, 0) is 18.2 Å². The highest BCUT2D eigenvalue weighted by atomic mass is 32.2. The fourth-order valence-corrected chi connectivity index (χ4v) is 4.01. The summed E-state index contributed by atoms with van der Waals surface area (Å²) in [6.07, 6.45) is 0. The SMILES string of the molecule is CN(C)C(=O)c1cccc(S(=O)(=O)N2CCN(CC(N)=O)CC2)c1. The van der Waals surface area contributed by atoms with Gasteiger partial charge in [0.2, 0.25) is 15.9 Å². The van der Waals surface area contributed by atoms with Crippen molar-refractivity contribution in [3.8, 4) is 0 Å². The van der Waals surface area contributed by atoms with Gasteiger partial charge in [0, 0.05) is 45.8 Å². The smallest absolute Gasteiger partial charge is 0.253 e. The second-order valence-electron chi connectivity index (χ2n) is 5.87. The molecule has 0 aliphatic carbocycles. The van der Waals surface area contributed by atoms with Gasteiger partial charge < -0.3 is 10.6 Å². The second kappa shape index (κ2) is 7.29. The van der Waals surface area contributed by atoms with Crippen LogP contribution in [-0.4, -0.2) is 81.2 Å². The molecule has 1 fully saturated rings. The van der Waals surface area contributed by atoms with Crippen molar-refractivity contribution in [2.45, 2.75) is 4.90 Å². The van der Waals surface area contributed by atoms with E-state index in [1.54, 1.807) is 26.2 Å². The summed E-state index contributed by atoms with van der Waals surface area (Å²) in [5.74, 6) is -0.681. The van der Waals surface area contributed by atoms with Gasteiger partial charge in [0.25, 0.3) is 5.91 Å². The van der Waals surface area contributed by atoms with E-state index in [0.29, 0.717) is 18.7 Å². The van der Waals surface area contributed by atoms with Crippen LogP contribution in [0.2, 0.25) is 0 Å². The van der Waals surface area contributed by atoms with Crippen LogP contribution < -0.4 is 5.73 Å². The van der Waals surface area contributed by atoms with E-state index in [4.69, 9.17) is 5.73 Å². The van der Waals surface area contributed by atoms with Crippen molar-refractivity contribution in [1.82, 2.24) is 14.1 Å². The van der Waals surface area contributed by atoms with Crippen molar-refractivity contribution >= 4 is 21.8 Å². The highest BCUT2D eigenvalue weighted by Gasteiger charge is 2.29. The van der Waals surface area contributed by atoms with Gasteiger partial charge in [0.1, 0.15) is 0 Å². The predicted octanol–water partition coefficient (Wildman–Crippen LogP) is -0.820. The summed E-state index contributed by atoms with van der Waals surface area (Å²) in [5, 5.41) is 0. The zero-order chi connectivity index (χ0) is 17.9. The number of benzene rings is 1. The first-order valence-electron chi connectivity index (χ1n) is 7.54. The first-order valence-corrected chi connectivity index (χ1v) is 8.98. The number of nitrogens with two attached hydrogens (primary N) is 1. The van der Waals surface area contributed by atoms with Crippen LogP contribution in [0.5, 0.6) is 0 Å². The van der Waals surface area contributed by atoms with Crippen molar-refractivity contribution in [1.29, 1.82) is 0 Å². The molecule has 1 aromatic rings. The minimum absolute atomic E-state index is 0.0959. The first-order chi connectivity index (χ1) is 11.2. The fourth-order valence-electron chi connectivity index (χ4n) is 2.55. The molecule has 0 saturated carbocycles. The molecule has 8 nitrogen and oxygen atoms in total. The van der Waals surface area contributed by atoms with Crippen LogP contribution in [0.25, 0.3) is 0 Å². The third-order valence-electron chi connectivity index (χ3n) is 3.84. The Bertz CT molecular complexity index is 725. The van der Waals surface area contributed by atoms with E-state index in [9.17, 15) is 18.0 Å². The van der Waals surface area contributed by atoms with Gasteiger partial charge >= 0.3 is 0 Å². The number of hydrogen-bond acceptors (Lipinski definition) is 5. The quantitative estimate of drug-likeness (QED) is 0.744. The van der Waals surface area contributed by atoms with Crippen LogP contribution in [0, 0.1) is 0 Å². The second-order valence-corrected chi connectivity index (χ2v) is 7.81. The molecule has 1 saturated heterocycles.